The van der Waals surface area contributed by atoms with Gasteiger partial charge >= 0.3 is 0 Å². The summed E-state index contributed by atoms with van der Waals surface area (Å²) in [4.78, 5) is 11.6. The van der Waals surface area contributed by atoms with Crippen LogP contribution in [0.25, 0.3) is 75.8 Å². The second-order valence-electron chi connectivity index (χ2n) is 9.77. The smallest absolute Gasteiger partial charge is 0.0972 e. The third-order valence-corrected chi connectivity index (χ3v) is 8.47. The molecule has 0 unspecified atom stereocenters. The molecule has 8 aromatic rings. The van der Waals surface area contributed by atoms with Crippen LogP contribution in [0.4, 0.5) is 0 Å². The first-order chi connectivity index (χ1) is 22.8. The molecular formula is C38H24N2S. The number of rotatable bonds is 4. The molecule has 0 fully saturated rings. The Morgan fingerprint density at radius 1 is 0.537 bits per heavy atom. The molecule has 0 N–H and O–H groups in total. The highest BCUT2D eigenvalue weighted by molar-refractivity contribution is 7.18. The summed E-state index contributed by atoms with van der Waals surface area (Å²) in [6.07, 6.45) is 1.70. The lowest BCUT2D eigenvalue weighted by Crippen LogP contribution is -1.91. The van der Waals surface area contributed by atoms with Gasteiger partial charge in [-0.25, -0.2) is 4.98 Å². The number of hydrogen-bond acceptors (Lipinski definition) is 3. The van der Waals surface area contributed by atoms with Gasteiger partial charge in [0.15, 0.2) is 0 Å². The Hall–Kier alpha value is -5.12. The molecule has 0 saturated heterocycles. The first kappa shape index (κ1) is 18.3. The van der Waals surface area contributed by atoms with Gasteiger partial charge in [0.05, 0.1) is 25.0 Å². The maximum absolute atomic E-state index is 9.30. The monoisotopic (exact) mass is 546 g/mol. The highest BCUT2D eigenvalue weighted by Crippen LogP contribution is 2.39. The second kappa shape index (κ2) is 9.81. The average Bonchev–Trinajstić information content (AvgIpc) is 3.61. The summed E-state index contributed by atoms with van der Waals surface area (Å²) >= 11 is 1.65. The Balaban J connectivity index is 1.38. The summed E-state index contributed by atoms with van der Waals surface area (Å²) in [5.41, 5.74) is 4.75. The lowest BCUT2D eigenvalue weighted by Gasteiger charge is -2.13. The summed E-state index contributed by atoms with van der Waals surface area (Å²) in [6, 6.07) is 31.6. The van der Waals surface area contributed by atoms with Crippen LogP contribution < -0.4 is 0 Å². The van der Waals surface area contributed by atoms with Gasteiger partial charge in [0.1, 0.15) is 0 Å². The molecule has 3 aromatic heterocycles. The fourth-order valence-electron chi connectivity index (χ4n) is 5.29. The molecule has 0 aliphatic rings. The van der Waals surface area contributed by atoms with Crippen LogP contribution in [0.1, 0.15) is 8.22 Å². The predicted octanol–water partition coefficient (Wildman–Crippen LogP) is 10.7. The highest BCUT2D eigenvalue weighted by atomic mass is 32.1. The third kappa shape index (κ3) is 4.19. The summed E-state index contributed by atoms with van der Waals surface area (Å²) in [6.45, 7) is 0. The van der Waals surface area contributed by atoms with Gasteiger partial charge in [-0.1, -0.05) is 109 Å². The van der Waals surface area contributed by atoms with E-state index in [1.165, 1.54) is 0 Å². The first-order valence-electron chi connectivity index (χ1n) is 16.3. The van der Waals surface area contributed by atoms with Crippen LogP contribution in [0.2, 0.25) is 0 Å². The molecule has 0 amide bonds. The van der Waals surface area contributed by atoms with Crippen molar-refractivity contribution in [3.05, 3.63) is 146 Å². The number of nitrogens with zero attached hydrogens (tertiary/aromatic N) is 2. The van der Waals surface area contributed by atoms with Crippen molar-refractivity contribution >= 4 is 43.9 Å². The van der Waals surface area contributed by atoms with Crippen LogP contribution >= 0.6 is 11.3 Å². The summed E-state index contributed by atoms with van der Waals surface area (Å²) in [5.74, 6) is 0. The van der Waals surface area contributed by atoms with Gasteiger partial charge in [-0.05, 0) is 63.4 Å². The average molecular weight is 547 g/mol. The first-order valence-corrected chi connectivity index (χ1v) is 14.1. The SMILES string of the molecule is [2H]c1c([2H])c([2H])c2c(-c3ccc4ccc5cccnc5c4n3)c([2H])c([2H])c(-c3cccc(-c4ccc(-c5ccccc5)s4)c3)c2c1[2H]. The minimum atomic E-state index is -0.402. The molecule has 0 radical (unpaired) electrons. The number of benzene rings is 5. The van der Waals surface area contributed by atoms with Gasteiger partial charge in [0.2, 0.25) is 0 Å². The van der Waals surface area contributed by atoms with E-state index in [0.29, 0.717) is 22.3 Å². The zero-order valence-electron chi connectivity index (χ0n) is 27.7. The van der Waals surface area contributed by atoms with Crippen molar-refractivity contribution in [3.63, 3.8) is 0 Å². The fraction of sp³-hybridized carbons (Fsp3) is 0. The lowest BCUT2D eigenvalue weighted by molar-refractivity contribution is 1.37. The van der Waals surface area contributed by atoms with E-state index in [-0.39, 0.29) is 46.1 Å². The Labute approximate surface area is 250 Å². The van der Waals surface area contributed by atoms with Gasteiger partial charge < -0.3 is 0 Å². The van der Waals surface area contributed by atoms with Gasteiger partial charge in [-0.15, -0.1) is 11.3 Å². The maximum Gasteiger partial charge on any atom is 0.0972 e. The van der Waals surface area contributed by atoms with E-state index in [2.05, 4.69) is 29.2 Å². The topological polar surface area (TPSA) is 25.8 Å². The van der Waals surface area contributed by atoms with Gasteiger partial charge in [0, 0.05) is 32.3 Å². The van der Waals surface area contributed by atoms with E-state index in [9.17, 15) is 2.74 Å². The van der Waals surface area contributed by atoms with Gasteiger partial charge in [0.25, 0.3) is 0 Å². The summed E-state index contributed by atoms with van der Waals surface area (Å²) < 4.78 is 53.8. The van der Waals surface area contributed by atoms with Gasteiger partial charge in [-0.2, -0.15) is 0 Å². The van der Waals surface area contributed by atoms with Crippen molar-refractivity contribution in [1.82, 2.24) is 9.97 Å². The molecule has 0 saturated carbocycles. The molecule has 41 heavy (non-hydrogen) atoms. The Morgan fingerprint density at radius 2 is 1.22 bits per heavy atom. The van der Waals surface area contributed by atoms with Crippen molar-refractivity contribution in [1.29, 1.82) is 0 Å². The Bertz CT molecular complexity index is 2550. The van der Waals surface area contributed by atoms with Crippen LogP contribution in [-0.2, 0) is 0 Å². The van der Waals surface area contributed by atoms with E-state index in [1.54, 1.807) is 23.6 Å². The second-order valence-corrected chi connectivity index (χ2v) is 10.9. The molecule has 3 heteroatoms. The predicted molar refractivity (Wildman–Crippen MR) is 174 cm³/mol. The molecule has 5 aromatic carbocycles. The summed E-state index contributed by atoms with van der Waals surface area (Å²) in [5, 5.41) is 2.11. The number of aromatic nitrogens is 2. The number of thiophene rings is 1. The van der Waals surface area contributed by atoms with Crippen molar-refractivity contribution < 1.29 is 8.22 Å². The number of fused-ring (bicyclic) bond motifs is 4. The fourth-order valence-corrected chi connectivity index (χ4v) is 6.30. The standard InChI is InChI=1S/C38H24N2S/c1-2-8-25(9-3-1)35-21-22-36(41-35)29-11-6-10-28(24-29)30-18-19-33(32-14-5-4-13-31(30)32)34-20-17-27-16-15-26-12-7-23-39-37(26)38(27)40-34/h1-24H/i4D,5D,13D,14D,18D,19D. The van der Waals surface area contributed by atoms with Crippen LogP contribution in [0, 0.1) is 0 Å². The molecule has 0 aliphatic heterocycles. The van der Waals surface area contributed by atoms with Crippen molar-refractivity contribution in [2.24, 2.45) is 0 Å². The van der Waals surface area contributed by atoms with Crippen LogP contribution in [-0.4, -0.2) is 9.97 Å². The molecule has 0 atom stereocenters. The third-order valence-electron chi connectivity index (χ3n) is 7.29. The van der Waals surface area contributed by atoms with Crippen molar-refractivity contribution in [2.45, 2.75) is 0 Å². The zero-order valence-corrected chi connectivity index (χ0v) is 22.5. The molecule has 192 valence electrons. The molecule has 0 spiro atoms. The quantitative estimate of drug-likeness (QED) is 0.205. The van der Waals surface area contributed by atoms with E-state index < -0.39 is 12.1 Å². The molecule has 0 aliphatic carbocycles. The Kier molecular flexibility index (Phi) is 4.37. The van der Waals surface area contributed by atoms with Crippen molar-refractivity contribution in [3.8, 4) is 43.3 Å². The number of hydrogen-bond donors (Lipinski definition) is 0. The van der Waals surface area contributed by atoms with E-state index in [1.807, 2.05) is 72.8 Å². The lowest BCUT2D eigenvalue weighted by atomic mass is 9.92. The van der Waals surface area contributed by atoms with Crippen LogP contribution in [0.15, 0.2) is 146 Å². The molecule has 8 rings (SSSR count). The highest BCUT2D eigenvalue weighted by Gasteiger charge is 2.13. The van der Waals surface area contributed by atoms with E-state index in [0.717, 1.165) is 31.7 Å². The van der Waals surface area contributed by atoms with Crippen LogP contribution in [0.5, 0.6) is 0 Å². The van der Waals surface area contributed by atoms with E-state index in [4.69, 9.17) is 10.5 Å². The zero-order chi connectivity index (χ0) is 32.4. The van der Waals surface area contributed by atoms with Crippen LogP contribution in [0.3, 0.4) is 0 Å². The maximum atomic E-state index is 9.30. The normalized spacial score (nSPS) is 13.5. The van der Waals surface area contributed by atoms with Crippen molar-refractivity contribution in [2.75, 3.05) is 0 Å². The minimum Gasteiger partial charge on any atom is -0.254 e. The molecule has 2 nitrogen and oxygen atoms in total. The Morgan fingerprint density at radius 3 is 2.07 bits per heavy atom. The molecule has 0 bridgehead atoms. The minimum absolute atomic E-state index is 0.135. The largest absolute Gasteiger partial charge is 0.254 e. The van der Waals surface area contributed by atoms with E-state index >= 15 is 0 Å². The molecular weight excluding hydrogens is 516 g/mol. The molecule has 3 heterocycles. The summed E-state index contributed by atoms with van der Waals surface area (Å²) in [7, 11) is 0. The van der Waals surface area contributed by atoms with Gasteiger partial charge in [-0.3, -0.25) is 4.98 Å². The number of pyridine rings is 2.